The van der Waals surface area contributed by atoms with Crippen molar-refractivity contribution in [3.8, 4) is 11.1 Å². The van der Waals surface area contributed by atoms with Gasteiger partial charge in [-0.2, -0.15) is 0 Å². The fourth-order valence-corrected chi connectivity index (χ4v) is 2.87. The van der Waals surface area contributed by atoms with E-state index in [9.17, 15) is 9.59 Å². The van der Waals surface area contributed by atoms with Gasteiger partial charge in [-0.25, -0.2) is 4.79 Å². The lowest BCUT2D eigenvalue weighted by Gasteiger charge is -2.11. The van der Waals surface area contributed by atoms with Gasteiger partial charge in [0.2, 0.25) is 0 Å². The Morgan fingerprint density at radius 1 is 0.909 bits per heavy atom. The van der Waals surface area contributed by atoms with Crippen LogP contribution in [0.2, 0.25) is 0 Å². The summed E-state index contributed by atoms with van der Waals surface area (Å²) in [4.78, 5) is 23.7. The zero-order valence-electron chi connectivity index (χ0n) is 12.0. The van der Waals surface area contributed by atoms with Crippen LogP contribution in [0.3, 0.4) is 0 Å². The van der Waals surface area contributed by atoms with Crippen molar-refractivity contribution >= 4 is 11.8 Å². The van der Waals surface area contributed by atoms with Gasteiger partial charge in [-0.05, 0) is 24.0 Å². The average Bonchev–Trinajstić information content (AvgIpc) is 3.05. The Hall–Kier alpha value is -2.68. The average molecular weight is 292 g/mol. The first-order chi connectivity index (χ1) is 10.7. The molecule has 0 saturated carbocycles. The summed E-state index contributed by atoms with van der Waals surface area (Å²) in [5.41, 5.74) is 2.93. The molecule has 1 aliphatic rings. The number of benzene rings is 2. The number of allylic oxidation sites excluding steroid dienone is 1. The van der Waals surface area contributed by atoms with E-state index in [1.54, 1.807) is 18.2 Å². The molecule has 0 radical (unpaired) electrons. The van der Waals surface area contributed by atoms with E-state index in [4.69, 9.17) is 5.11 Å². The van der Waals surface area contributed by atoms with E-state index in [0.29, 0.717) is 18.4 Å². The van der Waals surface area contributed by atoms with Crippen molar-refractivity contribution in [1.82, 2.24) is 0 Å². The topological polar surface area (TPSA) is 54.4 Å². The summed E-state index contributed by atoms with van der Waals surface area (Å²) >= 11 is 0. The number of carbonyl (C=O) groups excluding carboxylic acids is 1. The van der Waals surface area contributed by atoms with E-state index in [2.05, 4.69) is 0 Å². The Morgan fingerprint density at radius 2 is 1.55 bits per heavy atom. The first kappa shape index (κ1) is 14.3. The molecule has 1 atom stereocenters. The molecule has 1 aliphatic carbocycles. The van der Waals surface area contributed by atoms with Gasteiger partial charge in [0.1, 0.15) is 0 Å². The zero-order valence-corrected chi connectivity index (χ0v) is 12.0. The van der Waals surface area contributed by atoms with E-state index >= 15 is 0 Å². The third-order valence-corrected chi connectivity index (χ3v) is 4.03. The quantitative estimate of drug-likeness (QED) is 0.868. The molecule has 1 N–H and O–H groups in total. The molecule has 2 aromatic carbocycles. The molecule has 0 heterocycles. The van der Waals surface area contributed by atoms with Gasteiger partial charge in [0, 0.05) is 11.1 Å². The molecule has 2 aromatic rings. The van der Waals surface area contributed by atoms with Crippen LogP contribution < -0.4 is 0 Å². The molecule has 22 heavy (non-hydrogen) atoms. The van der Waals surface area contributed by atoms with Crippen molar-refractivity contribution < 1.29 is 14.7 Å². The number of carbonyl (C=O) groups is 2. The summed E-state index contributed by atoms with van der Waals surface area (Å²) in [7, 11) is 0. The van der Waals surface area contributed by atoms with E-state index in [1.165, 1.54) is 0 Å². The standard InChI is InChI=1S/C19H16O3/c20-18(16-7-4-8-17(16)19(21)22)15-11-9-14(10-12-15)13-5-2-1-3-6-13/h1-3,5-6,8-12,16H,4,7H2,(H,21,22). The lowest BCUT2D eigenvalue weighted by atomic mass is 9.91. The van der Waals surface area contributed by atoms with Gasteiger partial charge in [-0.1, -0.05) is 60.7 Å². The minimum absolute atomic E-state index is 0.106. The van der Waals surface area contributed by atoms with Gasteiger partial charge in [-0.3, -0.25) is 4.79 Å². The highest BCUT2D eigenvalue weighted by Crippen LogP contribution is 2.30. The van der Waals surface area contributed by atoms with E-state index in [0.717, 1.165) is 11.1 Å². The number of aliphatic carboxylic acids is 1. The number of hydrogen-bond acceptors (Lipinski definition) is 2. The maximum absolute atomic E-state index is 12.5. The summed E-state index contributed by atoms with van der Waals surface area (Å²) in [5.74, 6) is -1.61. The second-order valence-corrected chi connectivity index (χ2v) is 5.40. The monoisotopic (exact) mass is 292 g/mol. The highest BCUT2D eigenvalue weighted by atomic mass is 16.4. The molecule has 3 nitrogen and oxygen atoms in total. The predicted molar refractivity (Wildman–Crippen MR) is 84.7 cm³/mol. The molecule has 0 amide bonds. The van der Waals surface area contributed by atoms with Crippen molar-refractivity contribution in [2.45, 2.75) is 12.8 Å². The van der Waals surface area contributed by atoms with Gasteiger partial charge >= 0.3 is 5.97 Å². The van der Waals surface area contributed by atoms with E-state index in [1.807, 2.05) is 42.5 Å². The van der Waals surface area contributed by atoms with Gasteiger partial charge in [0.05, 0.1) is 5.92 Å². The number of rotatable bonds is 4. The number of hydrogen-bond donors (Lipinski definition) is 1. The number of ketones is 1. The molecular weight excluding hydrogens is 276 g/mol. The van der Waals surface area contributed by atoms with Gasteiger partial charge < -0.3 is 5.11 Å². The third kappa shape index (κ3) is 2.70. The highest BCUT2D eigenvalue weighted by molar-refractivity contribution is 6.05. The number of Topliss-reactive ketones (excluding diaryl/α,β-unsaturated/α-hetero) is 1. The highest BCUT2D eigenvalue weighted by Gasteiger charge is 2.31. The van der Waals surface area contributed by atoms with Crippen molar-refractivity contribution in [2.24, 2.45) is 5.92 Å². The van der Waals surface area contributed by atoms with Crippen LogP contribution in [0.1, 0.15) is 23.2 Å². The summed E-state index contributed by atoms with van der Waals surface area (Å²) in [6, 6.07) is 17.3. The van der Waals surface area contributed by atoms with Crippen LogP contribution in [0.15, 0.2) is 66.2 Å². The van der Waals surface area contributed by atoms with Crippen LogP contribution >= 0.6 is 0 Å². The maximum atomic E-state index is 12.5. The lowest BCUT2D eigenvalue weighted by Crippen LogP contribution is -2.18. The SMILES string of the molecule is O=C(O)C1=CCCC1C(=O)c1ccc(-c2ccccc2)cc1. The van der Waals surface area contributed by atoms with Crippen LogP contribution in [0.5, 0.6) is 0 Å². The Kier molecular flexibility index (Phi) is 3.88. The van der Waals surface area contributed by atoms with Crippen molar-refractivity contribution in [3.63, 3.8) is 0 Å². The molecular formula is C19H16O3. The van der Waals surface area contributed by atoms with Gasteiger partial charge in [0.25, 0.3) is 0 Å². The van der Waals surface area contributed by atoms with Crippen LogP contribution in [-0.2, 0) is 4.79 Å². The fraction of sp³-hybridized carbons (Fsp3) is 0.158. The van der Waals surface area contributed by atoms with Crippen molar-refractivity contribution in [2.75, 3.05) is 0 Å². The first-order valence-corrected chi connectivity index (χ1v) is 7.30. The van der Waals surface area contributed by atoms with Crippen LogP contribution in [0.4, 0.5) is 0 Å². The molecule has 0 fully saturated rings. The summed E-state index contributed by atoms with van der Waals surface area (Å²) < 4.78 is 0. The van der Waals surface area contributed by atoms with Crippen molar-refractivity contribution in [3.05, 3.63) is 71.8 Å². The Morgan fingerprint density at radius 3 is 2.18 bits per heavy atom. The Bertz CT molecular complexity index is 727. The number of carboxylic acids is 1. The van der Waals surface area contributed by atoms with Gasteiger partial charge in [-0.15, -0.1) is 0 Å². The summed E-state index contributed by atoms with van der Waals surface area (Å²) in [6.07, 6.45) is 2.89. The molecule has 0 aromatic heterocycles. The largest absolute Gasteiger partial charge is 0.478 e. The third-order valence-electron chi connectivity index (χ3n) is 4.03. The summed E-state index contributed by atoms with van der Waals surface area (Å²) in [5, 5.41) is 9.15. The van der Waals surface area contributed by atoms with Crippen LogP contribution in [0.25, 0.3) is 11.1 Å². The molecule has 3 rings (SSSR count). The molecule has 0 bridgehead atoms. The maximum Gasteiger partial charge on any atom is 0.331 e. The molecule has 0 saturated heterocycles. The second-order valence-electron chi connectivity index (χ2n) is 5.40. The molecule has 110 valence electrons. The molecule has 1 unspecified atom stereocenters. The van der Waals surface area contributed by atoms with Crippen LogP contribution in [-0.4, -0.2) is 16.9 Å². The van der Waals surface area contributed by atoms with Crippen LogP contribution in [0, 0.1) is 5.92 Å². The number of carboxylic acid groups (broad SMARTS) is 1. The minimum atomic E-state index is -0.989. The van der Waals surface area contributed by atoms with E-state index < -0.39 is 11.9 Å². The van der Waals surface area contributed by atoms with Gasteiger partial charge in [0.15, 0.2) is 5.78 Å². The summed E-state index contributed by atoms with van der Waals surface area (Å²) in [6.45, 7) is 0. The smallest absolute Gasteiger partial charge is 0.331 e. The Balaban J connectivity index is 1.83. The molecule has 0 aliphatic heterocycles. The fourth-order valence-electron chi connectivity index (χ4n) is 2.87. The predicted octanol–water partition coefficient (Wildman–Crippen LogP) is 3.96. The first-order valence-electron chi connectivity index (χ1n) is 7.30. The minimum Gasteiger partial charge on any atom is -0.478 e. The normalized spacial score (nSPS) is 17.1. The van der Waals surface area contributed by atoms with Crippen molar-refractivity contribution in [1.29, 1.82) is 0 Å². The second kappa shape index (κ2) is 5.98. The lowest BCUT2D eigenvalue weighted by molar-refractivity contribution is -0.133. The van der Waals surface area contributed by atoms with E-state index in [-0.39, 0.29) is 11.4 Å². The molecule has 0 spiro atoms. The molecule has 3 heteroatoms. The zero-order chi connectivity index (χ0) is 15.5. The Labute approximate surface area is 128 Å².